The van der Waals surface area contributed by atoms with Crippen LogP contribution < -0.4 is 15.2 Å². The van der Waals surface area contributed by atoms with Gasteiger partial charge < -0.3 is 15.2 Å². The smallest absolute Gasteiger partial charge is 0.313 e. The number of fused-ring (bicyclic) bond motifs is 1. The van der Waals surface area contributed by atoms with E-state index < -0.39 is 0 Å². The van der Waals surface area contributed by atoms with E-state index in [9.17, 15) is 4.79 Å². The van der Waals surface area contributed by atoms with Crippen molar-refractivity contribution in [3.8, 4) is 11.5 Å². The first-order valence-corrected chi connectivity index (χ1v) is 4.35. The van der Waals surface area contributed by atoms with Gasteiger partial charge in [-0.1, -0.05) is 6.07 Å². The summed E-state index contributed by atoms with van der Waals surface area (Å²) < 4.78 is 10.1. The number of ether oxygens (including phenoxy) is 2. The van der Waals surface area contributed by atoms with Gasteiger partial charge >= 0.3 is 5.97 Å². The third-order valence-electron chi connectivity index (χ3n) is 2.23. The van der Waals surface area contributed by atoms with Crippen LogP contribution in [-0.2, 0) is 4.79 Å². The number of benzene rings is 1. The van der Waals surface area contributed by atoms with Crippen LogP contribution in [0.2, 0.25) is 0 Å². The summed E-state index contributed by atoms with van der Waals surface area (Å²) in [6.07, 6.45) is 0.235. The molecule has 0 aliphatic carbocycles. The summed E-state index contributed by atoms with van der Waals surface area (Å²) in [7, 11) is 1.56. The monoisotopic (exact) mass is 193 g/mol. The van der Waals surface area contributed by atoms with E-state index in [-0.39, 0.29) is 18.4 Å². The van der Waals surface area contributed by atoms with E-state index in [0.29, 0.717) is 11.5 Å². The van der Waals surface area contributed by atoms with Crippen molar-refractivity contribution in [2.45, 2.75) is 12.5 Å². The van der Waals surface area contributed by atoms with Gasteiger partial charge in [-0.2, -0.15) is 0 Å². The van der Waals surface area contributed by atoms with Crippen molar-refractivity contribution in [3.63, 3.8) is 0 Å². The van der Waals surface area contributed by atoms with Crippen LogP contribution in [0.25, 0.3) is 0 Å². The summed E-state index contributed by atoms with van der Waals surface area (Å²) in [6.45, 7) is 0. The van der Waals surface area contributed by atoms with Crippen molar-refractivity contribution in [2.75, 3.05) is 7.11 Å². The van der Waals surface area contributed by atoms with Gasteiger partial charge in [-0.15, -0.1) is 0 Å². The van der Waals surface area contributed by atoms with Crippen LogP contribution >= 0.6 is 0 Å². The number of esters is 1. The van der Waals surface area contributed by atoms with Crippen molar-refractivity contribution < 1.29 is 14.3 Å². The Hall–Kier alpha value is -1.55. The van der Waals surface area contributed by atoms with Gasteiger partial charge in [0.05, 0.1) is 13.5 Å². The van der Waals surface area contributed by atoms with Gasteiger partial charge in [0.25, 0.3) is 0 Å². The normalized spacial score (nSPS) is 19.9. The Morgan fingerprint density at radius 2 is 2.36 bits per heavy atom. The lowest BCUT2D eigenvalue weighted by atomic mass is 10.0. The van der Waals surface area contributed by atoms with Gasteiger partial charge in [0, 0.05) is 17.7 Å². The fraction of sp³-hybridized carbons (Fsp3) is 0.300. The van der Waals surface area contributed by atoms with Crippen molar-refractivity contribution in [3.05, 3.63) is 23.8 Å². The van der Waals surface area contributed by atoms with Gasteiger partial charge in [-0.05, 0) is 6.07 Å². The number of rotatable bonds is 1. The molecule has 14 heavy (non-hydrogen) atoms. The third-order valence-corrected chi connectivity index (χ3v) is 2.23. The van der Waals surface area contributed by atoms with Crippen LogP contribution in [0.1, 0.15) is 18.0 Å². The second-order valence-corrected chi connectivity index (χ2v) is 3.19. The molecule has 1 aliphatic rings. The maximum atomic E-state index is 11.1. The Kier molecular flexibility index (Phi) is 2.13. The van der Waals surface area contributed by atoms with Crippen molar-refractivity contribution in [1.29, 1.82) is 0 Å². The minimum atomic E-state index is -0.293. The van der Waals surface area contributed by atoms with Gasteiger partial charge in [-0.25, -0.2) is 0 Å². The molecule has 0 aromatic heterocycles. The first kappa shape index (κ1) is 9.02. The Labute approximate surface area is 81.6 Å². The van der Waals surface area contributed by atoms with Gasteiger partial charge in [0.1, 0.15) is 11.5 Å². The first-order valence-electron chi connectivity index (χ1n) is 4.35. The molecule has 0 bridgehead atoms. The molecule has 4 heteroatoms. The molecule has 0 fully saturated rings. The van der Waals surface area contributed by atoms with Crippen LogP contribution in [-0.4, -0.2) is 13.1 Å². The minimum Gasteiger partial charge on any atom is -0.497 e. The molecule has 1 unspecified atom stereocenters. The molecule has 74 valence electrons. The number of hydrogen-bond acceptors (Lipinski definition) is 4. The van der Waals surface area contributed by atoms with Gasteiger partial charge in [-0.3, -0.25) is 4.79 Å². The molecule has 0 saturated carbocycles. The van der Waals surface area contributed by atoms with Crippen molar-refractivity contribution >= 4 is 5.97 Å². The Bertz CT molecular complexity index is 376. The highest BCUT2D eigenvalue weighted by Gasteiger charge is 2.24. The first-order chi connectivity index (χ1) is 6.70. The molecule has 1 aromatic carbocycles. The number of hydrogen-bond donors (Lipinski definition) is 1. The third kappa shape index (κ3) is 1.44. The SMILES string of the molecule is COc1ccc2c(c1)OC(=O)CC2N. The van der Waals surface area contributed by atoms with Crippen molar-refractivity contribution in [2.24, 2.45) is 5.73 Å². The molecule has 1 aliphatic heterocycles. The van der Waals surface area contributed by atoms with E-state index in [1.807, 2.05) is 6.07 Å². The molecule has 2 N–H and O–H groups in total. The van der Waals surface area contributed by atoms with E-state index in [4.69, 9.17) is 15.2 Å². The van der Waals surface area contributed by atoms with Crippen LogP contribution in [0.3, 0.4) is 0 Å². The largest absolute Gasteiger partial charge is 0.497 e. The summed E-state index contributed by atoms with van der Waals surface area (Å²) in [6, 6.07) is 5.03. The number of carbonyl (C=O) groups excluding carboxylic acids is 1. The van der Waals surface area contributed by atoms with Crippen LogP contribution in [0, 0.1) is 0 Å². The van der Waals surface area contributed by atoms with E-state index in [0.717, 1.165) is 5.56 Å². The lowest BCUT2D eigenvalue weighted by Gasteiger charge is -2.21. The van der Waals surface area contributed by atoms with Gasteiger partial charge in [0.15, 0.2) is 0 Å². The molecule has 1 heterocycles. The highest BCUT2D eigenvalue weighted by molar-refractivity contribution is 5.76. The quantitative estimate of drug-likeness (QED) is 0.534. The lowest BCUT2D eigenvalue weighted by Crippen LogP contribution is -2.25. The average molecular weight is 193 g/mol. The van der Waals surface area contributed by atoms with Crippen LogP contribution in [0.15, 0.2) is 18.2 Å². The van der Waals surface area contributed by atoms with E-state index in [1.165, 1.54) is 0 Å². The fourth-order valence-corrected chi connectivity index (χ4v) is 1.49. The summed E-state index contributed by atoms with van der Waals surface area (Å²) in [4.78, 5) is 11.1. The summed E-state index contributed by atoms with van der Waals surface area (Å²) in [5.74, 6) is 0.872. The Balaban J connectivity index is 2.43. The second-order valence-electron chi connectivity index (χ2n) is 3.19. The molecule has 0 spiro atoms. The standard InChI is InChI=1S/C10H11NO3/c1-13-6-2-3-7-8(11)5-10(12)14-9(7)4-6/h2-4,8H,5,11H2,1H3. The highest BCUT2D eigenvalue weighted by atomic mass is 16.5. The molecule has 1 atom stereocenters. The topological polar surface area (TPSA) is 61.5 Å². The fourth-order valence-electron chi connectivity index (χ4n) is 1.49. The highest BCUT2D eigenvalue weighted by Crippen LogP contribution is 2.33. The van der Waals surface area contributed by atoms with E-state index in [2.05, 4.69) is 0 Å². The zero-order valence-corrected chi connectivity index (χ0v) is 7.82. The maximum absolute atomic E-state index is 11.1. The predicted octanol–water partition coefficient (Wildman–Crippen LogP) is 1.00. The predicted molar refractivity (Wildman–Crippen MR) is 50.2 cm³/mol. The Morgan fingerprint density at radius 3 is 3.07 bits per heavy atom. The molecule has 4 nitrogen and oxygen atoms in total. The molecule has 1 aromatic rings. The molecular formula is C10H11NO3. The van der Waals surface area contributed by atoms with E-state index >= 15 is 0 Å². The molecule has 2 rings (SSSR count). The number of methoxy groups -OCH3 is 1. The summed E-state index contributed by atoms with van der Waals surface area (Å²) in [5, 5.41) is 0. The zero-order valence-electron chi connectivity index (χ0n) is 7.82. The maximum Gasteiger partial charge on any atom is 0.313 e. The molecule has 0 amide bonds. The Morgan fingerprint density at radius 1 is 1.57 bits per heavy atom. The van der Waals surface area contributed by atoms with Gasteiger partial charge in [0.2, 0.25) is 0 Å². The average Bonchev–Trinajstić information content (AvgIpc) is 2.16. The second kappa shape index (κ2) is 3.31. The molecular weight excluding hydrogens is 182 g/mol. The lowest BCUT2D eigenvalue weighted by molar-refractivity contribution is -0.135. The van der Waals surface area contributed by atoms with Crippen LogP contribution in [0.4, 0.5) is 0 Å². The molecule has 0 radical (unpaired) electrons. The van der Waals surface area contributed by atoms with Crippen molar-refractivity contribution in [1.82, 2.24) is 0 Å². The minimum absolute atomic E-state index is 0.235. The van der Waals surface area contributed by atoms with E-state index in [1.54, 1.807) is 19.2 Å². The zero-order chi connectivity index (χ0) is 10.1. The summed E-state index contributed by atoms with van der Waals surface area (Å²) in [5.41, 5.74) is 6.64. The number of nitrogens with two attached hydrogens (primary N) is 1. The molecule has 0 saturated heterocycles. The number of carbonyl (C=O) groups is 1. The summed E-state index contributed by atoms with van der Waals surface area (Å²) >= 11 is 0. The van der Waals surface area contributed by atoms with Crippen LogP contribution in [0.5, 0.6) is 11.5 Å².